The van der Waals surface area contributed by atoms with Crippen LogP contribution in [0.4, 0.5) is 0 Å². The first-order chi connectivity index (χ1) is 44.6. The van der Waals surface area contributed by atoms with Crippen LogP contribution >= 0.6 is 11.8 Å². The molecule has 96 heavy (non-hydrogen) atoms. The minimum atomic E-state index is -1.17. The van der Waals surface area contributed by atoms with Crippen LogP contribution in [-0.2, 0) is 68.0 Å². The molecule has 0 bridgehead atoms. The van der Waals surface area contributed by atoms with Gasteiger partial charge in [-0.1, -0.05) is 151 Å². The maximum atomic E-state index is 15.0. The minimum absolute atomic E-state index is 0.0378. The summed E-state index contributed by atoms with van der Waals surface area (Å²) in [5, 5.41) is 14.0. The molecule has 1 aromatic carbocycles. The fraction of sp³-hybridized carbons (Fsp3) is 0.718. The zero-order valence-corrected chi connectivity index (χ0v) is 63.3. The van der Waals surface area contributed by atoms with Crippen molar-refractivity contribution in [2.24, 2.45) is 41.4 Å². The quantitative estimate of drug-likeness (QED) is 0.0369. The van der Waals surface area contributed by atoms with Gasteiger partial charge in [0.1, 0.15) is 60.5 Å². The van der Waals surface area contributed by atoms with Gasteiger partial charge in [-0.3, -0.25) is 57.5 Å². The Morgan fingerprint density at radius 2 is 0.969 bits per heavy atom. The highest BCUT2D eigenvalue weighted by Crippen LogP contribution is 2.25. The molecule has 24 nitrogen and oxygen atoms in total. The van der Waals surface area contributed by atoms with Gasteiger partial charge in [-0.25, -0.2) is 0 Å². The average molecular weight is 1370 g/mol. The molecular weight excluding hydrogens is 1250 g/mol. The molecule has 0 saturated heterocycles. The van der Waals surface area contributed by atoms with Crippen LogP contribution in [0.15, 0.2) is 42.5 Å². The number of esters is 1. The van der Waals surface area contributed by atoms with Gasteiger partial charge in [-0.15, -0.1) is 0 Å². The Morgan fingerprint density at radius 3 is 1.43 bits per heavy atom. The molecule has 12 atom stereocenters. The van der Waals surface area contributed by atoms with E-state index in [1.54, 1.807) is 48.6 Å². The van der Waals surface area contributed by atoms with Crippen LogP contribution in [0.2, 0.25) is 0 Å². The molecule has 5 N–H and O–H groups in total. The maximum Gasteiger partial charge on any atom is 0.302 e. The van der Waals surface area contributed by atoms with Crippen LogP contribution in [-0.4, -0.2) is 222 Å². The molecule has 10 amide bonds. The average Bonchev–Trinajstić information content (AvgIpc) is 0.844. The molecule has 0 spiro atoms. The molecule has 1 rings (SSSR count). The van der Waals surface area contributed by atoms with E-state index in [-0.39, 0.29) is 66.8 Å². The first kappa shape index (κ1) is 87.1. The molecule has 0 saturated carbocycles. The number of carbonyl (C=O) groups is 12. The van der Waals surface area contributed by atoms with Crippen molar-refractivity contribution in [1.82, 2.24) is 56.0 Å². The number of carbonyl (C=O) groups excluding carboxylic acids is 12. The summed E-state index contributed by atoms with van der Waals surface area (Å²) in [7, 11) is 10.3. The number of nitrogens with one attached hydrogen (secondary N) is 5. The molecule has 0 radical (unpaired) electrons. The van der Waals surface area contributed by atoms with E-state index in [2.05, 4.69) is 26.6 Å². The lowest BCUT2D eigenvalue weighted by atomic mass is 9.93. The fourth-order valence-electron chi connectivity index (χ4n) is 11.4. The summed E-state index contributed by atoms with van der Waals surface area (Å²) >= 11 is 1.08. The number of thioether (sulfide) groups is 1. The van der Waals surface area contributed by atoms with Gasteiger partial charge in [-0.05, 0) is 113 Å². The van der Waals surface area contributed by atoms with Crippen molar-refractivity contribution < 1.29 is 62.3 Å². The van der Waals surface area contributed by atoms with E-state index in [0.717, 1.165) is 22.2 Å². The van der Waals surface area contributed by atoms with Crippen molar-refractivity contribution in [1.29, 1.82) is 0 Å². The second-order valence-corrected chi connectivity index (χ2v) is 29.1. The minimum Gasteiger partial charge on any atom is -0.460 e. The van der Waals surface area contributed by atoms with Gasteiger partial charge in [0.2, 0.25) is 64.2 Å². The lowest BCUT2D eigenvalue weighted by Crippen LogP contribution is -2.61. The Balaban J connectivity index is 3.44. The standard InChI is InChI=1S/C71H121N11O13S/c1-26-28-32-47(15)61(95-50(18)83)59(72-19)64(87)73-48(16)66(89)80(23)55(37-43(7)8)68(91)81(24)56(38-44(9)10)69(92)82(25)60(46(13)14)65(88)75-52(27-2)67(90)77(20)39-57(84)78(21)53(35-41(3)4)63(86)76-58(45(11)12)70(93)79(22)54(36-42(5)6)62(85)74-49(17)71(94)96-40-51-33-30-29-31-34-51/h26,28-31,33-34,41-49,52-56,58-61,72H,27,32,35-40H2,1-25H3,(H,73,87)(H,74,85)(H,75,88)(H,76,86)/b28-26+/t47-,48-,49+,52+,53+,54+,55+,56+,58+,59+,60+,61-/m1/s1. The van der Waals surface area contributed by atoms with Gasteiger partial charge in [0.05, 0.1) is 12.6 Å². The zero-order chi connectivity index (χ0) is 73.9. The molecule has 0 aromatic heterocycles. The molecule has 0 aliphatic carbocycles. The first-order valence-corrected chi connectivity index (χ1v) is 35.0. The summed E-state index contributed by atoms with van der Waals surface area (Å²) in [5.74, 6) is -7.68. The normalized spacial score (nSPS) is 15.4. The third kappa shape index (κ3) is 27.2. The number of allylic oxidation sites excluding steroid dienone is 2. The molecular formula is C71H121N11O13S. The Labute approximate surface area is 578 Å². The lowest BCUT2D eigenvalue weighted by Gasteiger charge is -2.39. The Morgan fingerprint density at radius 1 is 0.510 bits per heavy atom. The Bertz CT molecular complexity index is 2760. The van der Waals surface area contributed by atoms with E-state index in [0.29, 0.717) is 12.2 Å². The van der Waals surface area contributed by atoms with Crippen molar-refractivity contribution in [2.45, 2.75) is 235 Å². The molecule has 1 aromatic rings. The first-order valence-electron chi connectivity index (χ1n) is 34.1. The largest absolute Gasteiger partial charge is 0.460 e. The van der Waals surface area contributed by atoms with Crippen molar-refractivity contribution in [3.8, 4) is 0 Å². The summed E-state index contributed by atoms with van der Waals surface area (Å²) in [6.07, 6.45) is 4.30. The summed E-state index contributed by atoms with van der Waals surface area (Å²) < 4.78 is 5.62. The number of hydrogen-bond acceptors (Lipinski definition) is 15. The number of ether oxygens (including phenoxy) is 1. The molecule has 0 fully saturated rings. The summed E-state index contributed by atoms with van der Waals surface area (Å²) in [6.45, 7) is 31.4. The monoisotopic (exact) mass is 1370 g/mol. The molecule has 0 heterocycles. The van der Waals surface area contributed by atoms with E-state index < -0.39 is 150 Å². The molecule has 0 aliphatic heterocycles. The summed E-state index contributed by atoms with van der Waals surface area (Å²) in [4.78, 5) is 177. The highest BCUT2D eigenvalue weighted by Gasteiger charge is 2.43. The number of benzene rings is 1. The van der Waals surface area contributed by atoms with Gasteiger partial charge in [0.25, 0.3) is 0 Å². The second kappa shape index (κ2) is 42.0. The van der Waals surface area contributed by atoms with Crippen LogP contribution in [0.5, 0.6) is 0 Å². The lowest BCUT2D eigenvalue weighted by molar-refractivity contribution is -0.154. The van der Waals surface area contributed by atoms with Gasteiger partial charge in [0, 0.05) is 55.0 Å². The highest BCUT2D eigenvalue weighted by atomic mass is 32.2. The van der Waals surface area contributed by atoms with Crippen LogP contribution < -0.4 is 26.6 Å². The van der Waals surface area contributed by atoms with Gasteiger partial charge < -0.3 is 60.7 Å². The number of nitrogens with zero attached hydrogens (tertiary/aromatic N) is 6. The van der Waals surface area contributed by atoms with Crippen LogP contribution in [0, 0.1) is 41.4 Å². The number of rotatable bonds is 40. The number of amides is 10. The molecule has 25 heteroatoms. The van der Waals surface area contributed by atoms with Gasteiger partial charge in [0.15, 0.2) is 0 Å². The predicted octanol–water partition coefficient (Wildman–Crippen LogP) is 6.05. The topological polar surface area (TPSA) is 294 Å². The SMILES string of the molecule is C/C=C/C[C@@H](C)[C@@H](OC(C)=O)[C@H](NC)C(=O)N[C@H](C)C(=O)N(C)[C@@H](CC(C)C)C(=O)N(C)[C@@H](CC(C)C)C(=O)N(C)[C@H](C(=O)N[C@@H](CC)C(=O)N(C)CC(=O)N(C)[C@@H](CC(C)C)C(=O)N[C@H](C(=O)N(C)[C@@H](CC(C)C)C(=O)N[C@@H](C)C(=O)SCc1ccccc1)C(C)C)C(C)C. The van der Waals surface area contributed by atoms with Crippen molar-refractivity contribution >= 4 is 81.9 Å². The number of likely N-dealkylation sites (N-methyl/N-ethyl adjacent to an activating group) is 7. The Kier molecular flexibility index (Phi) is 38.2. The molecule has 0 aliphatic rings. The summed E-state index contributed by atoms with van der Waals surface area (Å²) in [6, 6.07) is -1.31. The van der Waals surface area contributed by atoms with Gasteiger partial charge >= 0.3 is 5.97 Å². The summed E-state index contributed by atoms with van der Waals surface area (Å²) in [5.41, 5.74) is 0.956. The van der Waals surface area contributed by atoms with Crippen LogP contribution in [0.1, 0.15) is 169 Å². The van der Waals surface area contributed by atoms with E-state index in [4.69, 9.17) is 4.74 Å². The van der Waals surface area contributed by atoms with Crippen molar-refractivity contribution in [2.75, 3.05) is 55.9 Å². The van der Waals surface area contributed by atoms with Crippen LogP contribution in [0.3, 0.4) is 0 Å². The smallest absolute Gasteiger partial charge is 0.302 e. The van der Waals surface area contributed by atoms with Crippen molar-refractivity contribution in [3.63, 3.8) is 0 Å². The molecule has 544 valence electrons. The maximum absolute atomic E-state index is 15.0. The van der Waals surface area contributed by atoms with E-state index in [1.807, 2.05) is 112 Å². The Hall–Kier alpha value is -6.89. The molecule has 0 unspecified atom stereocenters. The van der Waals surface area contributed by atoms with Crippen molar-refractivity contribution in [3.05, 3.63) is 48.0 Å². The van der Waals surface area contributed by atoms with Gasteiger partial charge in [-0.2, -0.15) is 0 Å². The fourth-order valence-corrected chi connectivity index (χ4v) is 12.3. The second-order valence-electron chi connectivity index (χ2n) is 28.1. The third-order valence-electron chi connectivity index (χ3n) is 17.1. The van der Waals surface area contributed by atoms with Crippen LogP contribution in [0.25, 0.3) is 0 Å². The highest BCUT2D eigenvalue weighted by molar-refractivity contribution is 8.13. The van der Waals surface area contributed by atoms with E-state index in [1.165, 1.54) is 80.6 Å². The predicted molar refractivity (Wildman–Crippen MR) is 377 cm³/mol. The zero-order valence-electron chi connectivity index (χ0n) is 62.5. The van der Waals surface area contributed by atoms with E-state index >= 15 is 0 Å². The van der Waals surface area contributed by atoms with E-state index in [9.17, 15) is 57.5 Å². The third-order valence-corrected chi connectivity index (χ3v) is 18.2. The number of hydrogen-bond donors (Lipinski definition) is 5.